The molecule has 0 radical (unpaired) electrons. The molecule has 0 fully saturated rings. The highest BCUT2D eigenvalue weighted by molar-refractivity contribution is 6.22. The van der Waals surface area contributed by atoms with E-state index in [1.54, 1.807) is 0 Å². The summed E-state index contributed by atoms with van der Waals surface area (Å²) in [6.45, 7) is 0. The van der Waals surface area contributed by atoms with E-state index in [1.807, 2.05) is 12.1 Å². The predicted molar refractivity (Wildman–Crippen MR) is 216 cm³/mol. The third kappa shape index (κ3) is 3.70. The predicted octanol–water partition coefficient (Wildman–Crippen LogP) is 12.3. The maximum absolute atomic E-state index is 5.42. The molecule has 0 saturated carbocycles. The van der Waals surface area contributed by atoms with Crippen LogP contribution in [0.3, 0.4) is 0 Å². The van der Waals surface area contributed by atoms with Gasteiger partial charge in [-0.2, -0.15) is 0 Å². The fraction of sp³-hybridized carbons (Fsp3) is 0. The van der Waals surface area contributed by atoms with Gasteiger partial charge in [0.2, 0.25) is 0 Å². The molecule has 52 heavy (non-hydrogen) atoms. The van der Waals surface area contributed by atoms with Crippen molar-refractivity contribution in [3.63, 3.8) is 0 Å². The van der Waals surface area contributed by atoms with Crippen LogP contribution in [0.25, 0.3) is 110 Å². The van der Waals surface area contributed by atoms with E-state index in [4.69, 9.17) is 9.97 Å². The molecule has 0 bridgehead atoms. The van der Waals surface area contributed by atoms with Crippen molar-refractivity contribution < 1.29 is 0 Å². The van der Waals surface area contributed by atoms with Crippen molar-refractivity contribution in [1.29, 1.82) is 0 Å². The summed E-state index contributed by atoms with van der Waals surface area (Å²) in [6, 6.07) is 61.2. The van der Waals surface area contributed by atoms with E-state index in [9.17, 15) is 0 Å². The lowest BCUT2D eigenvalue weighted by Crippen LogP contribution is -2.03. The first-order valence-electron chi connectivity index (χ1n) is 17.8. The van der Waals surface area contributed by atoms with E-state index in [-0.39, 0.29) is 0 Å². The molecule has 0 amide bonds. The SMILES string of the molecule is c1ccc2c(c1)-c1ccccc1-n1c3cc4c5ccccc5n(-c5nc6ccccc6nc5-c5ccc6ccccc6c5)c4cc3c3cccc-2c31. The van der Waals surface area contributed by atoms with Gasteiger partial charge in [-0.1, -0.05) is 127 Å². The molecule has 0 aliphatic carbocycles. The summed E-state index contributed by atoms with van der Waals surface area (Å²) in [4.78, 5) is 10.8. The Bertz CT molecular complexity index is 3310. The topological polar surface area (TPSA) is 35.6 Å². The van der Waals surface area contributed by atoms with Crippen LogP contribution in [0.1, 0.15) is 0 Å². The van der Waals surface area contributed by atoms with Gasteiger partial charge in [-0.05, 0) is 64.4 Å². The highest BCUT2D eigenvalue weighted by Gasteiger charge is 2.26. The van der Waals surface area contributed by atoms with Gasteiger partial charge in [0.25, 0.3) is 0 Å². The Hall–Kier alpha value is -7.04. The second kappa shape index (κ2) is 10.3. The van der Waals surface area contributed by atoms with Gasteiger partial charge >= 0.3 is 0 Å². The molecule has 0 N–H and O–H groups in total. The van der Waals surface area contributed by atoms with Crippen molar-refractivity contribution in [3.05, 3.63) is 170 Å². The van der Waals surface area contributed by atoms with Gasteiger partial charge in [0, 0.05) is 38.2 Å². The Morgan fingerprint density at radius 2 is 0.981 bits per heavy atom. The number of rotatable bonds is 2. The third-order valence-electron chi connectivity index (χ3n) is 11.0. The van der Waals surface area contributed by atoms with Crippen molar-refractivity contribution in [2.75, 3.05) is 0 Å². The van der Waals surface area contributed by atoms with E-state index in [1.165, 1.54) is 71.3 Å². The minimum atomic E-state index is 0.823. The summed E-state index contributed by atoms with van der Waals surface area (Å²) in [5.41, 5.74) is 14.5. The molecule has 0 unspecified atom stereocenters. The third-order valence-corrected chi connectivity index (χ3v) is 11.0. The van der Waals surface area contributed by atoms with Crippen LogP contribution in [0.4, 0.5) is 0 Å². The molecule has 0 spiro atoms. The minimum absolute atomic E-state index is 0.823. The first-order chi connectivity index (χ1) is 25.8. The van der Waals surface area contributed by atoms with Gasteiger partial charge < -0.3 is 4.57 Å². The molecule has 4 heteroatoms. The number of benzene rings is 8. The van der Waals surface area contributed by atoms with Crippen LogP contribution in [0.2, 0.25) is 0 Å². The van der Waals surface area contributed by atoms with Crippen LogP contribution in [-0.2, 0) is 0 Å². The van der Waals surface area contributed by atoms with E-state index >= 15 is 0 Å². The average molecular weight is 661 g/mol. The normalized spacial score (nSPS) is 12.2. The maximum Gasteiger partial charge on any atom is 0.165 e. The van der Waals surface area contributed by atoms with Crippen LogP contribution in [-0.4, -0.2) is 19.1 Å². The summed E-state index contributed by atoms with van der Waals surface area (Å²) in [5.74, 6) is 0.823. The summed E-state index contributed by atoms with van der Waals surface area (Å²) in [6.07, 6.45) is 0. The van der Waals surface area contributed by atoms with Crippen molar-refractivity contribution in [3.8, 4) is 45.0 Å². The number of hydrogen-bond acceptors (Lipinski definition) is 2. The van der Waals surface area contributed by atoms with E-state index in [2.05, 4.69) is 167 Å². The van der Waals surface area contributed by atoms with E-state index in [0.717, 1.165) is 39.1 Å². The average Bonchev–Trinajstić information content (AvgIpc) is 3.66. The Morgan fingerprint density at radius 1 is 0.365 bits per heavy atom. The van der Waals surface area contributed by atoms with Gasteiger partial charge in [0.1, 0.15) is 5.69 Å². The molecule has 4 heterocycles. The highest BCUT2D eigenvalue weighted by Crippen LogP contribution is 2.48. The van der Waals surface area contributed by atoms with Crippen LogP contribution in [0, 0.1) is 0 Å². The Kier molecular flexibility index (Phi) is 5.47. The highest BCUT2D eigenvalue weighted by atomic mass is 15.1. The molecule has 240 valence electrons. The molecule has 1 aliphatic heterocycles. The molecular formula is C48H28N4. The van der Waals surface area contributed by atoms with Gasteiger partial charge in [-0.25, -0.2) is 9.97 Å². The molecule has 8 aromatic carbocycles. The number of para-hydroxylation sites is 5. The number of fused-ring (bicyclic) bond motifs is 13. The second-order valence-corrected chi connectivity index (χ2v) is 13.8. The van der Waals surface area contributed by atoms with Crippen molar-refractivity contribution in [2.24, 2.45) is 0 Å². The second-order valence-electron chi connectivity index (χ2n) is 13.8. The van der Waals surface area contributed by atoms with Crippen LogP contribution < -0.4 is 0 Å². The smallest absolute Gasteiger partial charge is 0.165 e. The zero-order chi connectivity index (χ0) is 33.9. The van der Waals surface area contributed by atoms with Crippen molar-refractivity contribution in [1.82, 2.24) is 19.1 Å². The summed E-state index contributed by atoms with van der Waals surface area (Å²) < 4.78 is 4.84. The fourth-order valence-corrected chi connectivity index (χ4v) is 8.75. The van der Waals surface area contributed by atoms with E-state index in [0.29, 0.717) is 0 Å². The van der Waals surface area contributed by atoms with E-state index < -0.39 is 0 Å². The molecule has 3 aromatic heterocycles. The van der Waals surface area contributed by atoms with Crippen molar-refractivity contribution >= 4 is 65.4 Å². The minimum Gasteiger partial charge on any atom is -0.308 e. The molecular weight excluding hydrogens is 633 g/mol. The lowest BCUT2D eigenvalue weighted by atomic mass is 9.94. The summed E-state index contributed by atoms with van der Waals surface area (Å²) in [5, 5.41) is 7.19. The van der Waals surface area contributed by atoms with Gasteiger partial charge in [0.15, 0.2) is 5.82 Å². The fourth-order valence-electron chi connectivity index (χ4n) is 8.75. The molecule has 12 rings (SSSR count). The number of hydrogen-bond donors (Lipinski definition) is 0. The van der Waals surface area contributed by atoms with Crippen LogP contribution in [0.5, 0.6) is 0 Å². The lowest BCUT2D eigenvalue weighted by Gasteiger charge is -2.14. The van der Waals surface area contributed by atoms with Crippen LogP contribution >= 0.6 is 0 Å². The van der Waals surface area contributed by atoms with Crippen LogP contribution in [0.15, 0.2) is 170 Å². The van der Waals surface area contributed by atoms with Gasteiger partial charge in [-0.3, -0.25) is 4.57 Å². The molecule has 1 aliphatic rings. The molecule has 0 saturated heterocycles. The first kappa shape index (κ1) is 27.7. The summed E-state index contributed by atoms with van der Waals surface area (Å²) >= 11 is 0. The summed E-state index contributed by atoms with van der Waals surface area (Å²) in [7, 11) is 0. The molecule has 4 nitrogen and oxygen atoms in total. The lowest BCUT2D eigenvalue weighted by molar-refractivity contribution is 1.08. The molecule has 11 aromatic rings. The van der Waals surface area contributed by atoms with Gasteiger partial charge in [-0.15, -0.1) is 0 Å². The number of aromatic nitrogens is 4. The Labute approximate surface area is 298 Å². The standard InChI is InChI=1S/C48H28N4/c1-2-13-30-26-31(25-24-29(30)12-1)46-48(50-41-21-8-7-20-40(41)49-46)52-43-23-10-6-17-35(43)38-27-44-39(28-45(38)52)37-19-11-18-36-33-15-4-3-14-32(33)34-16-5-9-22-42(34)51(44)47(36)37/h1-28H. The Morgan fingerprint density at radius 3 is 1.85 bits per heavy atom. The van der Waals surface area contributed by atoms with Crippen molar-refractivity contribution in [2.45, 2.75) is 0 Å². The first-order valence-corrected chi connectivity index (χ1v) is 17.8. The maximum atomic E-state index is 5.42. The zero-order valence-corrected chi connectivity index (χ0v) is 28.0. The quantitative estimate of drug-likeness (QED) is 0.185. The monoisotopic (exact) mass is 660 g/mol. The zero-order valence-electron chi connectivity index (χ0n) is 28.0. The number of nitrogens with zero attached hydrogens (tertiary/aromatic N) is 4. The van der Waals surface area contributed by atoms with Gasteiger partial charge in [0.05, 0.1) is 38.8 Å². The largest absolute Gasteiger partial charge is 0.308 e. The Balaban J connectivity index is 1.24. The molecule has 0 atom stereocenters.